The second-order valence-electron chi connectivity index (χ2n) is 5.70. The molecule has 0 saturated carbocycles. The minimum Gasteiger partial charge on any atom is -0.493 e. The summed E-state index contributed by atoms with van der Waals surface area (Å²) in [5, 5.41) is 6.94. The molecule has 0 saturated heterocycles. The lowest BCUT2D eigenvalue weighted by molar-refractivity contribution is 0.326. The smallest absolute Gasteiger partial charge is 0.203 e. The van der Waals surface area contributed by atoms with Crippen LogP contribution in [-0.4, -0.2) is 24.9 Å². The first kappa shape index (κ1) is 18.7. The molecular formula is C21H21N3O2S. The van der Waals surface area contributed by atoms with Crippen LogP contribution in [0.25, 0.3) is 6.08 Å². The minimum atomic E-state index is 0.462. The molecule has 2 aromatic carbocycles. The molecule has 1 N–H and O–H groups in total. The zero-order valence-corrected chi connectivity index (χ0v) is 16.1. The Bertz CT molecular complexity index is 920. The topological polar surface area (TPSA) is 55.7 Å². The lowest BCUT2D eigenvalue weighted by Crippen LogP contribution is -1.98. The van der Waals surface area contributed by atoms with Crippen molar-refractivity contribution in [3.8, 4) is 11.5 Å². The molecule has 6 heteroatoms. The standard InChI is InChI=1S/C21H21N3O2S/c1-16-15-27-21(23-16)24-22-14-18-10-11-19(20(13-18)25-2)26-12-6-9-17-7-4-3-5-8-17/h3-11,13-15H,12H2,1-2H3,(H,23,24). The molecule has 1 heterocycles. The molecule has 0 aliphatic rings. The predicted molar refractivity (Wildman–Crippen MR) is 112 cm³/mol. The van der Waals surface area contributed by atoms with Crippen LogP contribution in [0.4, 0.5) is 5.13 Å². The van der Waals surface area contributed by atoms with Crippen molar-refractivity contribution in [1.82, 2.24) is 4.98 Å². The van der Waals surface area contributed by atoms with Gasteiger partial charge in [0.1, 0.15) is 6.61 Å². The van der Waals surface area contributed by atoms with Gasteiger partial charge in [-0.15, -0.1) is 11.3 Å². The Kier molecular flexibility index (Phi) is 6.60. The number of benzene rings is 2. The van der Waals surface area contributed by atoms with Crippen LogP contribution in [0.3, 0.4) is 0 Å². The molecule has 0 aliphatic heterocycles. The van der Waals surface area contributed by atoms with Gasteiger partial charge in [-0.25, -0.2) is 4.98 Å². The van der Waals surface area contributed by atoms with E-state index in [0.717, 1.165) is 22.0 Å². The average Bonchev–Trinajstić information content (AvgIpc) is 3.11. The maximum Gasteiger partial charge on any atom is 0.203 e. The van der Waals surface area contributed by atoms with Crippen molar-refractivity contribution in [3.63, 3.8) is 0 Å². The summed E-state index contributed by atoms with van der Waals surface area (Å²) in [7, 11) is 1.62. The Balaban J connectivity index is 1.57. The minimum absolute atomic E-state index is 0.462. The summed E-state index contributed by atoms with van der Waals surface area (Å²) >= 11 is 1.52. The number of aryl methyl sites for hydroxylation is 1. The van der Waals surface area contributed by atoms with Crippen molar-refractivity contribution < 1.29 is 9.47 Å². The van der Waals surface area contributed by atoms with Crippen LogP contribution in [0.1, 0.15) is 16.8 Å². The molecule has 138 valence electrons. The molecule has 0 amide bonds. The number of hydrogen-bond donors (Lipinski definition) is 1. The molecule has 1 aromatic heterocycles. The van der Waals surface area contributed by atoms with Crippen LogP contribution in [0.15, 0.2) is 65.1 Å². The highest BCUT2D eigenvalue weighted by Gasteiger charge is 2.04. The molecule has 5 nitrogen and oxygen atoms in total. The number of hydrogen-bond acceptors (Lipinski definition) is 6. The summed E-state index contributed by atoms with van der Waals surface area (Å²) in [5.74, 6) is 1.35. The number of ether oxygens (including phenoxy) is 2. The van der Waals surface area contributed by atoms with E-state index in [2.05, 4.69) is 15.5 Å². The van der Waals surface area contributed by atoms with Gasteiger partial charge in [0.05, 0.1) is 19.0 Å². The zero-order valence-electron chi connectivity index (χ0n) is 15.3. The van der Waals surface area contributed by atoms with Gasteiger partial charge >= 0.3 is 0 Å². The molecule has 0 atom stereocenters. The average molecular weight is 379 g/mol. The summed E-state index contributed by atoms with van der Waals surface area (Å²) in [5.41, 5.74) is 5.94. The van der Waals surface area contributed by atoms with E-state index < -0.39 is 0 Å². The first-order valence-corrected chi connectivity index (χ1v) is 9.36. The summed E-state index contributed by atoms with van der Waals surface area (Å²) in [6.07, 6.45) is 5.72. The number of rotatable bonds is 8. The molecule has 27 heavy (non-hydrogen) atoms. The number of nitrogens with one attached hydrogen (secondary N) is 1. The molecule has 0 unspecified atom stereocenters. The van der Waals surface area contributed by atoms with Gasteiger partial charge in [0.15, 0.2) is 11.5 Å². The van der Waals surface area contributed by atoms with Gasteiger partial charge in [-0.05, 0) is 42.3 Å². The van der Waals surface area contributed by atoms with Gasteiger partial charge in [-0.1, -0.05) is 36.4 Å². The van der Waals surface area contributed by atoms with Crippen molar-refractivity contribution in [2.45, 2.75) is 6.92 Å². The molecule has 3 aromatic rings. The normalized spacial score (nSPS) is 11.2. The fourth-order valence-electron chi connectivity index (χ4n) is 2.34. The van der Waals surface area contributed by atoms with Crippen LogP contribution >= 0.6 is 11.3 Å². The van der Waals surface area contributed by atoms with E-state index in [0.29, 0.717) is 18.1 Å². The Morgan fingerprint density at radius 2 is 1.96 bits per heavy atom. The Labute approximate surface area is 163 Å². The summed E-state index contributed by atoms with van der Waals surface area (Å²) in [4.78, 5) is 4.30. The first-order chi connectivity index (χ1) is 13.2. The third-order valence-electron chi connectivity index (χ3n) is 3.63. The van der Waals surface area contributed by atoms with Crippen molar-refractivity contribution in [2.24, 2.45) is 5.10 Å². The van der Waals surface area contributed by atoms with Gasteiger partial charge in [0.25, 0.3) is 0 Å². The number of hydrazone groups is 1. The van der Waals surface area contributed by atoms with Crippen molar-refractivity contribution in [1.29, 1.82) is 0 Å². The predicted octanol–water partition coefficient (Wildman–Crippen LogP) is 5.00. The largest absolute Gasteiger partial charge is 0.493 e. The Hall–Kier alpha value is -3.12. The van der Waals surface area contributed by atoms with E-state index in [9.17, 15) is 0 Å². The quantitative estimate of drug-likeness (QED) is 0.442. The van der Waals surface area contributed by atoms with Gasteiger partial charge in [0.2, 0.25) is 5.13 Å². The third-order valence-corrected chi connectivity index (χ3v) is 4.49. The monoisotopic (exact) mass is 379 g/mol. The molecule has 0 fully saturated rings. The highest BCUT2D eigenvalue weighted by Crippen LogP contribution is 2.27. The van der Waals surface area contributed by atoms with Crippen LogP contribution < -0.4 is 14.9 Å². The van der Waals surface area contributed by atoms with Crippen LogP contribution in [0, 0.1) is 6.92 Å². The molecule has 3 rings (SSSR count). The van der Waals surface area contributed by atoms with Crippen LogP contribution in [-0.2, 0) is 0 Å². The highest BCUT2D eigenvalue weighted by atomic mass is 32.1. The van der Waals surface area contributed by atoms with Gasteiger partial charge in [-0.3, -0.25) is 5.43 Å². The number of anilines is 1. The number of thiazole rings is 1. The van der Waals surface area contributed by atoms with Crippen molar-refractivity contribution in [2.75, 3.05) is 19.1 Å². The van der Waals surface area contributed by atoms with E-state index in [1.807, 2.05) is 73.0 Å². The Morgan fingerprint density at radius 1 is 1.11 bits per heavy atom. The number of nitrogens with zero attached hydrogens (tertiary/aromatic N) is 2. The van der Waals surface area contributed by atoms with Gasteiger partial charge in [-0.2, -0.15) is 5.10 Å². The van der Waals surface area contributed by atoms with E-state index >= 15 is 0 Å². The number of aromatic nitrogens is 1. The van der Waals surface area contributed by atoms with Crippen molar-refractivity contribution >= 4 is 28.8 Å². The summed E-state index contributed by atoms with van der Waals surface area (Å²) in [6, 6.07) is 15.8. The van der Waals surface area contributed by atoms with Crippen LogP contribution in [0.5, 0.6) is 11.5 Å². The maximum absolute atomic E-state index is 5.80. The Morgan fingerprint density at radius 3 is 2.70 bits per heavy atom. The SMILES string of the molecule is COc1cc(C=NNc2nc(C)cs2)ccc1OCC=Cc1ccccc1. The zero-order chi connectivity index (χ0) is 18.9. The van der Waals surface area contributed by atoms with E-state index in [1.54, 1.807) is 13.3 Å². The summed E-state index contributed by atoms with van der Waals surface area (Å²) < 4.78 is 11.2. The molecular weight excluding hydrogens is 358 g/mol. The second-order valence-corrected chi connectivity index (χ2v) is 6.56. The van der Waals surface area contributed by atoms with Gasteiger partial charge < -0.3 is 9.47 Å². The fourth-order valence-corrected chi connectivity index (χ4v) is 2.97. The maximum atomic E-state index is 5.80. The van der Waals surface area contributed by atoms with Gasteiger partial charge in [0, 0.05) is 5.38 Å². The molecule has 0 spiro atoms. The summed E-state index contributed by atoms with van der Waals surface area (Å²) in [6.45, 7) is 2.41. The lowest BCUT2D eigenvalue weighted by atomic mass is 10.2. The molecule has 0 bridgehead atoms. The van der Waals surface area contributed by atoms with E-state index in [4.69, 9.17) is 9.47 Å². The van der Waals surface area contributed by atoms with Crippen LogP contribution in [0.2, 0.25) is 0 Å². The second kappa shape index (κ2) is 9.54. The first-order valence-electron chi connectivity index (χ1n) is 8.48. The molecule has 0 radical (unpaired) electrons. The van der Waals surface area contributed by atoms with E-state index in [1.165, 1.54) is 11.3 Å². The van der Waals surface area contributed by atoms with E-state index in [-0.39, 0.29) is 0 Å². The number of methoxy groups -OCH3 is 1. The molecule has 0 aliphatic carbocycles. The fraction of sp³-hybridized carbons (Fsp3) is 0.143. The van der Waals surface area contributed by atoms with Crippen molar-refractivity contribution in [3.05, 3.63) is 76.8 Å². The third kappa shape index (κ3) is 5.69. The highest BCUT2D eigenvalue weighted by molar-refractivity contribution is 7.13. The lowest BCUT2D eigenvalue weighted by Gasteiger charge is -2.09.